The van der Waals surface area contributed by atoms with E-state index < -0.39 is 5.60 Å². The summed E-state index contributed by atoms with van der Waals surface area (Å²) >= 11 is 0. The van der Waals surface area contributed by atoms with Crippen molar-refractivity contribution < 1.29 is 5.11 Å². The molecule has 1 atom stereocenters. The first-order valence-electron chi connectivity index (χ1n) is 6.01. The molecule has 0 radical (unpaired) electrons. The first-order chi connectivity index (χ1) is 8.48. The number of aliphatic hydroxyl groups is 1. The Balaban J connectivity index is 2.08. The average Bonchev–Trinajstić information content (AvgIpc) is 2.72. The van der Waals surface area contributed by atoms with Gasteiger partial charge in [0.25, 0.3) is 0 Å². The summed E-state index contributed by atoms with van der Waals surface area (Å²) in [5.74, 6) is 0.934. The lowest BCUT2D eigenvalue weighted by atomic mass is 10.1. The van der Waals surface area contributed by atoms with Crippen molar-refractivity contribution in [3.8, 4) is 0 Å². The van der Waals surface area contributed by atoms with Gasteiger partial charge in [-0.15, -0.1) is 0 Å². The molecule has 98 valence electrons. The molecule has 0 amide bonds. The molecule has 0 saturated heterocycles. The van der Waals surface area contributed by atoms with E-state index in [2.05, 4.69) is 10.3 Å². The van der Waals surface area contributed by atoms with Crippen molar-refractivity contribution in [1.82, 2.24) is 14.3 Å². The van der Waals surface area contributed by atoms with Gasteiger partial charge in [0.2, 0.25) is 0 Å². The van der Waals surface area contributed by atoms with E-state index in [9.17, 15) is 5.11 Å². The predicted molar refractivity (Wildman–Crippen MR) is 72.9 cm³/mol. The number of aromatic nitrogens is 2. The van der Waals surface area contributed by atoms with Crippen molar-refractivity contribution in [2.24, 2.45) is 0 Å². The molecule has 2 rings (SSSR count). The van der Waals surface area contributed by atoms with Crippen molar-refractivity contribution in [1.29, 1.82) is 0 Å². The quantitative estimate of drug-likeness (QED) is 0.830. The van der Waals surface area contributed by atoms with Gasteiger partial charge in [-0.25, -0.2) is 4.98 Å². The summed E-state index contributed by atoms with van der Waals surface area (Å²) in [5, 5.41) is 13.5. The molecule has 0 bridgehead atoms. The first-order valence-corrected chi connectivity index (χ1v) is 6.01. The number of nitrogens with one attached hydrogen (secondary N) is 1. The zero-order valence-electron chi connectivity index (χ0n) is 11.1. The van der Waals surface area contributed by atoms with E-state index in [1.807, 2.05) is 54.7 Å². The summed E-state index contributed by atoms with van der Waals surface area (Å²) in [5.41, 5.74) is 0.124. The van der Waals surface area contributed by atoms with Crippen LogP contribution in [0.2, 0.25) is 0 Å². The predicted octanol–water partition coefficient (Wildman–Crippen LogP) is 1.06. The third-order valence-electron chi connectivity index (χ3n) is 2.74. The molecule has 2 heterocycles. The minimum Gasteiger partial charge on any atom is -0.387 e. The molecule has 1 unspecified atom stereocenters. The average molecular weight is 248 g/mol. The van der Waals surface area contributed by atoms with Crippen LogP contribution in [0.15, 0.2) is 30.6 Å². The van der Waals surface area contributed by atoms with Gasteiger partial charge < -0.3 is 15.3 Å². The van der Waals surface area contributed by atoms with Gasteiger partial charge >= 0.3 is 0 Å². The zero-order chi connectivity index (χ0) is 13.2. The summed E-state index contributed by atoms with van der Waals surface area (Å²) in [6.07, 6.45) is 3.66. The fourth-order valence-corrected chi connectivity index (χ4v) is 2.11. The van der Waals surface area contributed by atoms with Gasteiger partial charge in [-0.1, -0.05) is 6.07 Å². The van der Waals surface area contributed by atoms with Crippen LogP contribution in [0.5, 0.6) is 0 Å². The molecule has 0 aromatic carbocycles. The van der Waals surface area contributed by atoms with Crippen molar-refractivity contribution in [3.05, 3.63) is 30.6 Å². The van der Waals surface area contributed by atoms with Crippen molar-refractivity contribution >= 4 is 11.5 Å². The van der Waals surface area contributed by atoms with Crippen LogP contribution >= 0.6 is 0 Å². The van der Waals surface area contributed by atoms with Crippen LogP contribution in [0.4, 0.5) is 5.82 Å². The molecule has 2 aromatic rings. The maximum Gasteiger partial charge on any atom is 0.138 e. The highest BCUT2D eigenvalue weighted by Gasteiger charge is 2.21. The smallest absolute Gasteiger partial charge is 0.138 e. The van der Waals surface area contributed by atoms with Gasteiger partial charge in [0.1, 0.15) is 11.5 Å². The fourth-order valence-electron chi connectivity index (χ4n) is 2.11. The maximum atomic E-state index is 10.2. The standard InChI is InChI=1S/C13H20N4O/c1-13(18,10-16(2)3)9-15-12-6-4-5-11-14-7-8-17(11)12/h4-8,15,18H,9-10H2,1-3H3. The summed E-state index contributed by atoms with van der Waals surface area (Å²) in [4.78, 5) is 6.20. The number of rotatable bonds is 5. The van der Waals surface area contributed by atoms with E-state index in [-0.39, 0.29) is 0 Å². The van der Waals surface area contributed by atoms with Gasteiger partial charge in [-0.3, -0.25) is 4.40 Å². The molecule has 0 spiro atoms. The number of hydrogen-bond acceptors (Lipinski definition) is 4. The van der Waals surface area contributed by atoms with Crippen molar-refractivity contribution in [2.75, 3.05) is 32.5 Å². The summed E-state index contributed by atoms with van der Waals surface area (Å²) in [6.45, 7) is 2.93. The Bertz CT molecular complexity index is 518. The number of fused-ring (bicyclic) bond motifs is 1. The molecule has 0 aliphatic rings. The molecule has 5 nitrogen and oxygen atoms in total. The van der Waals surface area contributed by atoms with Gasteiger partial charge in [0.15, 0.2) is 0 Å². The minimum absolute atomic E-state index is 0.489. The number of nitrogens with zero attached hydrogens (tertiary/aromatic N) is 3. The highest BCUT2D eigenvalue weighted by molar-refractivity contribution is 5.49. The van der Waals surface area contributed by atoms with E-state index >= 15 is 0 Å². The largest absolute Gasteiger partial charge is 0.387 e. The summed E-state index contributed by atoms with van der Waals surface area (Å²) in [7, 11) is 3.90. The van der Waals surface area contributed by atoms with Gasteiger partial charge in [0, 0.05) is 25.5 Å². The van der Waals surface area contributed by atoms with E-state index in [0.29, 0.717) is 13.1 Å². The molecule has 2 aromatic heterocycles. The molecule has 18 heavy (non-hydrogen) atoms. The third kappa shape index (κ3) is 3.00. The minimum atomic E-state index is -0.772. The van der Waals surface area contributed by atoms with Crippen LogP contribution in [0.3, 0.4) is 0 Å². The number of hydrogen-bond donors (Lipinski definition) is 2. The Kier molecular flexibility index (Phi) is 3.54. The first kappa shape index (κ1) is 12.9. The highest BCUT2D eigenvalue weighted by atomic mass is 16.3. The van der Waals surface area contributed by atoms with E-state index in [4.69, 9.17) is 0 Å². The summed E-state index contributed by atoms with van der Waals surface area (Å²) < 4.78 is 1.96. The Morgan fingerprint density at radius 2 is 2.22 bits per heavy atom. The molecule has 0 aliphatic heterocycles. The Morgan fingerprint density at radius 3 is 2.94 bits per heavy atom. The van der Waals surface area contributed by atoms with Gasteiger partial charge in [0.05, 0.1) is 5.60 Å². The molecular formula is C13H20N4O. The molecular weight excluding hydrogens is 228 g/mol. The maximum absolute atomic E-state index is 10.2. The van der Waals surface area contributed by atoms with Crippen molar-refractivity contribution in [3.63, 3.8) is 0 Å². The van der Waals surface area contributed by atoms with Gasteiger partial charge in [-0.2, -0.15) is 0 Å². The Morgan fingerprint density at radius 1 is 1.44 bits per heavy atom. The topological polar surface area (TPSA) is 52.8 Å². The normalized spacial score (nSPS) is 14.9. The molecule has 5 heteroatoms. The molecule has 0 fully saturated rings. The zero-order valence-corrected chi connectivity index (χ0v) is 11.1. The monoisotopic (exact) mass is 248 g/mol. The lowest BCUT2D eigenvalue weighted by Gasteiger charge is -2.27. The molecule has 0 saturated carbocycles. The van der Waals surface area contributed by atoms with Crippen LogP contribution < -0.4 is 5.32 Å². The fraction of sp³-hybridized carbons (Fsp3) is 0.462. The molecule has 0 aliphatic carbocycles. The Hall–Kier alpha value is -1.59. The lowest BCUT2D eigenvalue weighted by molar-refractivity contribution is 0.0459. The second-order valence-electron chi connectivity index (χ2n) is 5.15. The van der Waals surface area contributed by atoms with Crippen LogP contribution in [0, 0.1) is 0 Å². The number of pyridine rings is 1. The SMILES string of the molecule is CN(C)CC(C)(O)CNc1cccc2nccn12. The number of imidazole rings is 1. The number of likely N-dealkylation sites (N-methyl/N-ethyl adjacent to an activating group) is 1. The van der Waals surface area contributed by atoms with Gasteiger partial charge in [-0.05, 0) is 33.2 Å². The van der Waals surface area contributed by atoms with E-state index in [1.54, 1.807) is 6.20 Å². The van der Waals surface area contributed by atoms with E-state index in [0.717, 1.165) is 11.5 Å². The molecule has 2 N–H and O–H groups in total. The second kappa shape index (κ2) is 4.96. The van der Waals surface area contributed by atoms with Crippen LogP contribution in [-0.2, 0) is 0 Å². The van der Waals surface area contributed by atoms with E-state index in [1.165, 1.54) is 0 Å². The highest BCUT2D eigenvalue weighted by Crippen LogP contribution is 2.13. The lowest BCUT2D eigenvalue weighted by Crippen LogP contribution is -2.43. The number of anilines is 1. The third-order valence-corrected chi connectivity index (χ3v) is 2.74. The Labute approximate surface area is 107 Å². The van der Waals surface area contributed by atoms with Crippen LogP contribution in [-0.4, -0.2) is 52.2 Å². The van der Waals surface area contributed by atoms with Crippen molar-refractivity contribution in [2.45, 2.75) is 12.5 Å². The van der Waals surface area contributed by atoms with Crippen LogP contribution in [0.25, 0.3) is 5.65 Å². The van der Waals surface area contributed by atoms with Crippen LogP contribution in [0.1, 0.15) is 6.92 Å². The summed E-state index contributed by atoms with van der Waals surface area (Å²) in [6, 6.07) is 5.87. The second-order valence-corrected chi connectivity index (χ2v) is 5.15.